The summed E-state index contributed by atoms with van der Waals surface area (Å²) in [7, 11) is 0. The Balaban J connectivity index is 1.49. The first-order valence-electron chi connectivity index (χ1n) is 8.51. The zero-order valence-corrected chi connectivity index (χ0v) is 13.6. The van der Waals surface area contributed by atoms with Gasteiger partial charge in [-0.2, -0.15) is 0 Å². The van der Waals surface area contributed by atoms with Gasteiger partial charge in [0.1, 0.15) is 0 Å². The molecule has 2 aliphatic heterocycles. The minimum atomic E-state index is 0.780. The standard InChI is InChI=1S/C18H29N3/c1-15-5-3-7-18(16(15)2)21-13-11-20(12-14-21)10-8-17-6-4-9-19-17/h3,5,7,17,19H,4,6,8-14H2,1-2H3. The Kier molecular flexibility index (Phi) is 4.81. The molecule has 2 heterocycles. The first-order valence-corrected chi connectivity index (χ1v) is 8.51. The Morgan fingerprint density at radius 3 is 2.67 bits per heavy atom. The first kappa shape index (κ1) is 14.9. The molecule has 0 radical (unpaired) electrons. The van der Waals surface area contributed by atoms with E-state index in [1.165, 1.54) is 75.3 Å². The lowest BCUT2D eigenvalue weighted by atomic mass is 10.1. The Bertz CT molecular complexity index is 458. The number of hydrogen-bond acceptors (Lipinski definition) is 3. The third-order valence-electron chi connectivity index (χ3n) is 5.25. The predicted octanol–water partition coefficient (Wildman–Crippen LogP) is 2.57. The number of hydrogen-bond donors (Lipinski definition) is 1. The molecule has 21 heavy (non-hydrogen) atoms. The van der Waals surface area contributed by atoms with Crippen LogP contribution in [0, 0.1) is 13.8 Å². The van der Waals surface area contributed by atoms with Crippen molar-refractivity contribution >= 4 is 5.69 Å². The van der Waals surface area contributed by atoms with E-state index in [-0.39, 0.29) is 0 Å². The van der Waals surface area contributed by atoms with Crippen molar-refractivity contribution in [2.45, 2.75) is 39.2 Å². The molecule has 0 amide bonds. The van der Waals surface area contributed by atoms with Gasteiger partial charge in [0, 0.05) is 37.9 Å². The van der Waals surface area contributed by atoms with E-state index in [1.807, 2.05) is 0 Å². The Labute approximate surface area is 129 Å². The van der Waals surface area contributed by atoms with Crippen LogP contribution in [0.4, 0.5) is 5.69 Å². The van der Waals surface area contributed by atoms with Crippen LogP contribution < -0.4 is 10.2 Å². The fraction of sp³-hybridized carbons (Fsp3) is 0.667. The minimum Gasteiger partial charge on any atom is -0.369 e. The van der Waals surface area contributed by atoms with Crippen molar-refractivity contribution in [3.05, 3.63) is 29.3 Å². The van der Waals surface area contributed by atoms with Crippen LogP contribution >= 0.6 is 0 Å². The molecule has 0 saturated carbocycles. The maximum Gasteiger partial charge on any atom is 0.0399 e. The molecule has 116 valence electrons. The lowest BCUT2D eigenvalue weighted by molar-refractivity contribution is 0.245. The Morgan fingerprint density at radius 1 is 1.14 bits per heavy atom. The summed E-state index contributed by atoms with van der Waals surface area (Å²) >= 11 is 0. The average molecular weight is 287 g/mol. The van der Waals surface area contributed by atoms with Crippen LogP contribution in [0.3, 0.4) is 0 Å². The number of rotatable bonds is 4. The van der Waals surface area contributed by atoms with E-state index in [2.05, 4.69) is 47.2 Å². The van der Waals surface area contributed by atoms with Gasteiger partial charge < -0.3 is 10.2 Å². The van der Waals surface area contributed by atoms with Gasteiger partial charge in [-0.05, 0) is 63.4 Å². The number of piperazine rings is 1. The average Bonchev–Trinajstić information content (AvgIpc) is 3.02. The summed E-state index contributed by atoms with van der Waals surface area (Å²) in [6.45, 7) is 11.7. The van der Waals surface area contributed by atoms with Gasteiger partial charge in [0.2, 0.25) is 0 Å². The van der Waals surface area contributed by atoms with Crippen molar-refractivity contribution in [1.82, 2.24) is 10.2 Å². The third-order valence-corrected chi connectivity index (χ3v) is 5.25. The van der Waals surface area contributed by atoms with E-state index in [9.17, 15) is 0 Å². The fourth-order valence-electron chi connectivity index (χ4n) is 3.63. The smallest absolute Gasteiger partial charge is 0.0399 e. The van der Waals surface area contributed by atoms with Crippen molar-refractivity contribution in [1.29, 1.82) is 0 Å². The van der Waals surface area contributed by atoms with Crippen LogP contribution in [0.15, 0.2) is 18.2 Å². The molecule has 0 spiro atoms. The first-order chi connectivity index (χ1) is 10.2. The highest BCUT2D eigenvalue weighted by molar-refractivity contribution is 5.56. The van der Waals surface area contributed by atoms with E-state index < -0.39 is 0 Å². The number of nitrogens with one attached hydrogen (secondary N) is 1. The van der Waals surface area contributed by atoms with Crippen molar-refractivity contribution in [2.75, 3.05) is 44.2 Å². The molecule has 3 nitrogen and oxygen atoms in total. The molecule has 1 aromatic rings. The zero-order valence-electron chi connectivity index (χ0n) is 13.6. The van der Waals surface area contributed by atoms with Gasteiger partial charge in [-0.25, -0.2) is 0 Å². The molecule has 0 aromatic heterocycles. The van der Waals surface area contributed by atoms with Gasteiger partial charge >= 0.3 is 0 Å². The van der Waals surface area contributed by atoms with Gasteiger partial charge in [-0.1, -0.05) is 12.1 Å². The lowest BCUT2D eigenvalue weighted by Crippen LogP contribution is -2.47. The predicted molar refractivity (Wildman–Crippen MR) is 90.2 cm³/mol. The van der Waals surface area contributed by atoms with E-state index in [0.717, 1.165) is 6.04 Å². The van der Waals surface area contributed by atoms with Crippen molar-refractivity contribution < 1.29 is 0 Å². The summed E-state index contributed by atoms with van der Waals surface area (Å²) in [5.41, 5.74) is 4.29. The van der Waals surface area contributed by atoms with Crippen LogP contribution in [0.1, 0.15) is 30.4 Å². The Hall–Kier alpha value is -1.06. The van der Waals surface area contributed by atoms with Crippen LogP contribution in [-0.2, 0) is 0 Å². The number of benzene rings is 1. The van der Waals surface area contributed by atoms with Gasteiger partial charge in [0.15, 0.2) is 0 Å². The summed E-state index contributed by atoms with van der Waals surface area (Å²) in [6.07, 6.45) is 4.07. The quantitative estimate of drug-likeness (QED) is 0.918. The lowest BCUT2D eigenvalue weighted by Gasteiger charge is -2.37. The van der Waals surface area contributed by atoms with Crippen LogP contribution in [0.25, 0.3) is 0 Å². The van der Waals surface area contributed by atoms with Gasteiger partial charge in [0.25, 0.3) is 0 Å². The fourth-order valence-corrected chi connectivity index (χ4v) is 3.63. The molecule has 0 aliphatic carbocycles. The second-order valence-corrected chi connectivity index (χ2v) is 6.63. The normalized spacial score (nSPS) is 23.7. The summed E-state index contributed by atoms with van der Waals surface area (Å²) in [5, 5.41) is 3.61. The largest absolute Gasteiger partial charge is 0.369 e. The van der Waals surface area contributed by atoms with Gasteiger partial charge in [-0.3, -0.25) is 4.90 Å². The molecule has 3 heteroatoms. The molecular formula is C18H29N3. The molecular weight excluding hydrogens is 258 g/mol. The van der Waals surface area contributed by atoms with Crippen molar-refractivity contribution in [3.63, 3.8) is 0 Å². The van der Waals surface area contributed by atoms with E-state index in [1.54, 1.807) is 0 Å². The summed E-state index contributed by atoms with van der Waals surface area (Å²) in [4.78, 5) is 5.20. The molecule has 0 bridgehead atoms. The van der Waals surface area contributed by atoms with E-state index in [4.69, 9.17) is 0 Å². The highest BCUT2D eigenvalue weighted by Gasteiger charge is 2.20. The molecule has 1 N–H and O–H groups in total. The monoisotopic (exact) mass is 287 g/mol. The van der Waals surface area contributed by atoms with E-state index >= 15 is 0 Å². The molecule has 2 aliphatic rings. The number of nitrogens with zero attached hydrogens (tertiary/aromatic N) is 2. The number of anilines is 1. The topological polar surface area (TPSA) is 18.5 Å². The van der Waals surface area contributed by atoms with Crippen molar-refractivity contribution in [3.8, 4) is 0 Å². The maximum atomic E-state index is 3.61. The molecule has 1 unspecified atom stereocenters. The SMILES string of the molecule is Cc1cccc(N2CCN(CCC3CCCN3)CC2)c1C. The van der Waals surface area contributed by atoms with Crippen LogP contribution in [-0.4, -0.2) is 50.2 Å². The Morgan fingerprint density at radius 2 is 1.95 bits per heavy atom. The highest BCUT2D eigenvalue weighted by atomic mass is 15.3. The summed E-state index contributed by atoms with van der Waals surface area (Å²) in [5.74, 6) is 0. The van der Waals surface area contributed by atoms with Gasteiger partial charge in [0.05, 0.1) is 0 Å². The van der Waals surface area contributed by atoms with E-state index in [0.29, 0.717) is 0 Å². The second-order valence-electron chi connectivity index (χ2n) is 6.63. The minimum absolute atomic E-state index is 0.780. The maximum absolute atomic E-state index is 3.61. The van der Waals surface area contributed by atoms with Crippen molar-refractivity contribution in [2.24, 2.45) is 0 Å². The molecule has 3 rings (SSSR count). The molecule has 2 fully saturated rings. The summed E-state index contributed by atoms with van der Waals surface area (Å²) in [6, 6.07) is 7.46. The second kappa shape index (κ2) is 6.80. The zero-order chi connectivity index (χ0) is 14.7. The molecule has 1 atom stereocenters. The van der Waals surface area contributed by atoms with Crippen LogP contribution in [0.5, 0.6) is 0 Å². The third kappa shape index (κ3) is 3.58. The van der Waals surface area contributed by atoms with Gasteiger partial charge in [-0.15, -0.1) is 0 Å². The highest BCUT2D eigenvalue weighted by Crippen LogP contribution is 2.24. The summed E-state index contributed by atoms with van der Waals surface area (Å²) < 4.78 is 0. The number of aryl methyl sites for hydroxylation is 1. The molecule has 1 aromatic carbocycles. The van der Waals surface area contributed by atoms with Crippen LogP contribution in [0.2, 0.25) is 0 Å². The molecule has 2 saturated heterocycles.